The van der Waals surface area contributed by atoms with Crippen molar-refractivity contribution >= 4 is 35.3 Å². The zero-order valence-corrected chi connectivity index (χ0v) is 21.5. The molecule has 1 aliphatic heterocycles. The van der Waals surface area contributed by atoms with Crippen molar-refractivity contribution in [3.8, 4) is 0 Å². The molecule has 3 amide bonds. The third-order valence-electron chi connectivity index (χ3n) is 5.03. The highest BCUT2D eigenvalue weighted by molar-refractivity contribution is 8.01. The Morgan fingerprint density at radius 3 is 2.25 bits per heavy atom. The summed E-state index contributed by atoms with van der Waals surface area (Å²) in [6, 6.07) is 0. The van der Waals surface area contributed by atoms with Crippen LogP contribution in [-0.4, -0.2) is 88.9 Å². The topological polar surface area (TPSA) is 93.2 Å². The number of ether oxygens (including phenoxy) is 2. The van der Waals surface area contributed by atoms with Crippen LogP contribution in [0.25, 0.3) is 0 Å². The predicted molar refractivity (Wildman–Crippen MR) is 125 cm³/mol. The Balaban J connectivity index is 2.13. The number of carbonyl (C=O) groups excluding carboxylic acids is 4. The van der Waals surface area contributed by atoms with Gasteiger partial charge in [-0.3, -0.25) is 24.1 Å². The molecule has 0 aromatic rings. The summed E-state index contributed by atoms with van der Waals surface area (Å²) in [6.45, 7) is 13.2. The highest BCUT2D eigenvalue weighted by Crippen LogP contribution is 2.34. The van der Waals surface area contributed by atoms with Crippen LogP contribution in [0.4, 0.5) is 0 Å². The largest absolute Gasteiger partial charge is 0.379 e. The number of amides is 3. The molecule has 1 saturated heterocycles. The molecule has 1 unspecified atom stereocenters. The van der Waals surface area contributed by atoms with Gasteiger partial charge in [0.1, 0.15) is 12.4 Å². The van der Waals surface area contributed by atoms with E-state index in [0.29, 0.717) is 32.7 Å². The van der Waals surface area contributed by atoms with Gasteiger partial charge in [-0.25, -0.2) is 0 Å². The van der Waals surface area contributed by atoms with E-state index in [1.165, 1.54) is 16.7 Å². The van der Waals surface area contributed by atoms with Gasteiger partial charge in [0.2, 0.25) is 17.7 Å². The van der Waals surface area contributed by atoms with Gasteiger partial charge < -0.3 is 14.4 Å². The van der Waals surface area contributed by atoms with Crippen molar-refractivity contribution in [1.82, 2.24) is 9.80 Å². The smallest absolute Gasteiger partial charge is 0.248 e. The predicted octanol–water partition coefficient (Wildman–Crippen LogP) is 2.68. The molecule has 0 radical (unpaired) electrons. The van der Waals surface area contributed by atoms with Crippen molar-refractivity contribution in [2.24, 2.45) is 0 Å². The summed E-state index contributed by atoms with van der Waals surface area (Å²) in [4.78, 5) is 51.5. The first kappa shape index (κ1) is 28.6. The number of imide groups is 1. The molecule has 32 heavy (non-hydrogen) atoms. The van der Waals surface area contributed by atoms with Crippen LogP contribution in [0.1, 0.15) is 67.2 Å². The van der Waals surface area contributed by atoms with E-state index in [4.69, 9.17) is 9.47 Å². The summed E-state index contributed by atoms with van der Waals surface area (Å²) in [7, 11) is 1.75. The lowest BCUT2D eigenvalue weighted by Gasteiger charge is -2.31. The third-order valence-corrected chi connectivity index (χ3v) is 6.39. The molecule has 9 heteroatoms. The van der Waals surface area contributed by atoms with E-state index in [2.05, 4.69) is 0 Å². The number of rotatable bonds is 13. The fourth-order valence-electron chi connectivity index (χ4n) is 2.99. The van der Waals surface area contributed by atoms with E-state index in [0.717, 1.165) is 0 Å². The molecule has 1 fully saturated rings. The number of ketones is 1. The number of hydrogen-bond acceptors (Lipinski definition) is 7. The minimum Gasteiger partial charge on any atom is -0.379 e. The number of carbonyl (C=O) groups is 4. The van der Waals surface area contributed by atoms with Crippen LogP contribution in [0.5, 0.6) is 0 Å². The van der Waals surface area contributed by atoms with Gasteiger partial charge in [-0.1, -0.05) is 20.8 Å². The van der Waals surface area contributed by atoms with Gasteiger partial charge in [-0.05, 0) is 27.2 Å². The van der Waals surface area contributed by atoms with Crippen LogP contribution in [0.15, 0.2) is 0 Å². The molecule has 0 aliphatic carbocycles. The van der Waals surface area contributed by atoms with E-state index in [-0.39, 0.29) is 65.0 Å². The standard InChI is InChI=1S/C23H40N2O6S/c1-22(2,3)24(7)20(28)16-31-14-13-30-12-8-9-17(26)10-11-25-19(27)15-18(21(25)29)32-23(4,5)6/h18H,8-16H2,1-7H3. The highest BCUT2D eigenvalue weighted by Gasteiger charge is 2.40. The van der Waals surface area contributed by atoms with E-state index in [1.807, 2.05) is 41.5 Å². The number of likely N-dealkylation sites (tertiary alicyclic amines) is 1. The Morgan fingerprint density at radius 2 is 1.66 bits per heavy atom. The molecule has 1 rings (SSSR count). The van der Waals surface area contributed by atoms with Crippen LogP contribution in [0.2, 0.25) is 0 Å². The Kier molecular flexibility index (Phi) is 11.3. The average molecular weight is 473 g/mol. The molecule has 0 spiro atoms. The lowest BCUT2D eigenvalue weighted by Crippen LogP contribution is -2.44. The second kappa shape index (κ2) is 12.7. The van der Waals surface area contributed by atoms with Crippen molar-refractivity contribution in [3.05, 3.63) is 0 Å². The zero-order valence-electron chi connectivity index (χ0n) is 20.7. The lowest BCUT2D eigenvalue weighted by atomic mass is 10.1. The molecule has 1 atom stereocenters. The quantitative estimate of drug-likeness (QED) is 0.300. The Hall–Kier alpha value is -1.45. The van der Waals surface area contributed by atoms with Gasteiger partial charge >= 0.3 is 0 Å². The van der Waals surface area contributed by atoms with E-state index < -0.39 is 0 Å². The first-order valence-corrected chi connectivity index (χ1v) is 12.1. The molecule has 0 aromatic heterocycles. The number of nitrogens with zero attached hydrogens (tertiary/aromatic N) is 2. The Bertz CT molecular complexity index is 668. The van der Waals surface area contributed by atoms with Crippen molar-refractivity contribution in [1.29, 1.82) is 0 Å². The van der Waals surface area contributed by atoms with Crippen LogP contribution in [0, 0.1) is 0 Å². The summed E-state index contributed by atoms with van der Waals surface area (Å²) < 4.78 is 10.7. The van der Waals surface area contributed by atoms with E-state index in [9.17, 15) is 19.2 Å². The maximum atomic E-state index is 12.4. The van der Waals surface area contributed by atoms with Crippen molar-refractivity contribution in [2.75, 3.05) is 40.0 Å². The molecule has 1 heterocycles. The van der Waals surface area contributed by atoms with Gasteiger partial charge in [-0.15, -0.1) is 11.8 Å². The minimum atomic E-state index is -0.350. The first-order chi connectivity index (χ1) is 14.7. The maximum Gasteiger partial charge on any atom is 0.248 e. The van der Waals surface area contributed by atoms with Gasteiger partial charge in [0.25, 0.3) is 0 Å². The van der Waals surface area contributed by atoms with Crippen LogP contribution in [0.3, 0.4) is 0 Å². The average Bonchev–Trinajstić information content (AvgIpc) is 2.91. The van der Waals surface area contributed by atoms with Crippen molar-refractivity contribution in [3.63, 3.8) is 0 Å². The number of hydrogen-bond donors (Lipinski definition) is 0. The summed E-state index contributed by atoms with van der Waals surface area (Å²) in [5.41, 5.74) is -0.244. The molecule has 0 aromatic carbocycles. The molecular weight excluding hydrogens is 432 g/mol. The van der Waals surface area contributed by atoms with Gasteiger partial charge in [0.05, 0.1) is 18.5 Å². The fraction of sp³-hybridized carbons (Fsp3) is 0.826. The summed E-state index contributed by atoms with van der Waals surface area (Å²) >= 11 is 1.50. The van der Waals surface area contributed by atoms with Crippen LogP contribution in [-0.2, 0) is 28.7 Å². The summed E-state index contributed by atoms with van der Waals surface area (Å²) in [5, 5.41) is -0.350. The van der Waals surface area contributed by atoms with Gasteiger partial charge in [0, 0.05) is 49.7 Å². The molecule has 0 saturated carbocycles. The molecule has 0 N–H and O–H groups in total. The second-order valence-electron chi connectivity index (χ2n) is 9.99. The fourth-order valence-corrected chi connectivity index (χ4v) is 4.30. The van der Waals surface area contributed by atoms with Gasteiger partial charge in [0.15, 0.2) is 0 Å². The third kappa shape index (κ3) is 10.4. The highest BCUT2D eigenvalue weighted by atomic mass is 32.2. The molecule has 1 aliphatic rings. The summed E-state index contributed by atoms with van der Waals surface area (Å²) in [5.74, 6) is -0.451. The zero-order chi connectivity index (χ0) is 24.5. The lowest BCUT2D eigenvalue weighted by molar-refractivity contribution is -0.140. The number of likely N-dealkylation sites (N-methyl/N-ethyl adjacent to an activating group) is 1. The number of thioether (sulfide) groups is 1. The number of Topliss-reactive ketones (excluding diaryl/α,β-unsaturated/α-hetero) is 1. The normalized spacial score (nSPS) is 17.2. The SMILES string of the molecule is CN(C(=O)COCCOCCCC(=O)CCN1C(=O)CC(SC(C)(C)C)C1=O)C(C)(C)C. The molecular formula is C23H40N2O6S. The Labute approximate surface area is 196 Å². The maximum absolute atomic E-state index is 12.4. The molecule has 8 nitrogen and oxygen atoms in total. The first-order valence-electron chi connectivity index (χ1n) is 11.2. The van der Waals surface area contributed by atoms with E-state index in [1.54, 1.807) is 11.9 Å². The van der Waals surface area contributed by atoms with Gasteiger partial charge in [-0.2, -0.15) is 0 Å². The monoisotopic (exact) mass is 472 g/mol. The minimum absolute atomic E-state index is 0.00758. The molecule has 0 bridgehead atoms. The Morgan fingerprint density at radius 1 is 1.03 bits per heavy atom. The van der Waals surface area contributed by atoms with E-state index >= 15 is 0 Å². The summed E-state index contributed by atoms with van der Waals surface area (Å²) in [6.07, 6.45) is 1.29. The van der Waals surface area contributed by atoms with Crippen molar-refractivity contribution < 1.29 is 28.7 Å². The van der Waals surface area contributed by atoms with Crippen molar-refractivity contribution in [2.45, 2.75) is 82.8 Å². The molecule has 184 valence electrons. The van der Waals surface area contributed by atoms with Crippen LogP contribution < -0.4 is 0 Å². The van der Waals surface area contributed by atoms with Crippen LogP contribution >= 0.6 is 11.8 Å². The second-order valence-corrected chi connectivity index (χ2v) is 12.0.